The van der Waals surface area contributed by atoms with Crippen LogP contribution in [0.5, 0.6) is 5.75 Å². The molecule has 2 N–H and O–H groups in total. The number of aryl methyl sites for hydroxylation is 1. The molecule has 5 nitrogen and oxygen atoms in total. The van der Waals surface area contributed by atoms with Gasteiger partial charge in [-0.3, -0.25) is 9.59 Å². The molecule has 112 valence electrons. The average Bonchev–Trinajstić information content (AvgIpc) is 2.77. The van der Waals surface area contributed by atoms with Gasteiger partial charge in [-0.1, -0.05) is 25.2 Å². The van der Waals surface area contributed by atoms with Gasteiger partial charge in [0.1, 0.15) is 10.6 Å². The molecule has 1 amide bonds. The van der Waals surface area contributed by atoms with Crippen LogP contribution < -0.4 is 14.9 Å². The predicted molar refractivity (Wildman–Crippen MR) is 84.4 cm³/mol. The van der Waals surface area contributed by atoms with E-state index in [9.17, 15) is 9.59 Å². The van der Waals surface area contributed by atoms with Crippen molar-refractivity contribution in [2.45, 2.75) is 20.8 Å². The van der Waals surface area contributed by atoms with Crippen molar-refractivity contribution < 1.29 is 9.53 Å². The maximum Gasteiger partial charge on any atom is 0.305 e. The van der Waals surface area contributed by atoms with E-state index in [1.807, 2.05) is 12.1 Å². The number of anilines is 1. The topological polar surface area (TPSA) is 71.2 Å². The second-order valence-corrected chi connectivity index (χ2v) is 6.14. The van der Waals surface area contributed by atoms with Crippen LogP contribution >= 0.6 is 11.3 Å². The Kier molecular flexibility index (Phi) is 4.80. The number of thiazole rings is 1. The van der Waals surface area contributed by atoms with Gasteiger partial charge in [0.15, 0.2) is 0 Å². The Bertz CT molecular complexity index is 671. The zero-order valence-corrected chi connectivity index (χ0v) is 13.0. The first-order valence-corrected chi connectivity index (χ1v) is 7.51. The summed E-state index contributed by atoms with van der Waals surface area (Å²) in [6, 6.07) is 7.17. The summed E-state index contributed by atoms with van der Waals surface area (Å²) in [5.41, 5.74) is 1.25. The Morgan fingerprint density at radius 3 is 2.52 bits per heavy atom. The quantitative estimate of drug-likeness (QED) is 0.892. The van der Waals surface area contributed by atoms with Gasteiger partial charge < -0.3 is 15.0 Å². The molecule has 1 aromatic carbocycles. The second kappa shape index (κ2) is 6.58. The largest absolute Gasteiger partial charge is 0.493 e. The normalized spacial score (nSPS) is 10.7. The third-order valence-corrected chi connectivity index (χ3v) is 3.71. The number of rotatable bonds is 5. The van der Waals surface area contributed by atoms with Crippen molar-refractivity contribution in [1.82, 2.24) is 4.98 Å². The zero-order valence-electron chi connectivity index (χ0n) is 12.2. The van der Waals surface area contributed by atoms with Gasteiger partial charge >= 0.3 is 4.87 Å². The number of H-pyrrole nitrogens is 1. The number of amides is 1. The molecule has 0 aliphatic rings. The van der Waals surface area contributed by atoms with Crippen molar-refractivity contribution in [2.24, 2.45) is 5.92 Å². The van der Waals surface area contributed by atoms with E-state index in [4.69, 9.17) is 4.74 Å². The predicted octanol–water partition coefficient (Wildman–Crippen LogP) is 3.03. The van der Waals surface area contributed by atoms with E-state index in [1.54, 1.807) is 19.1 Å². The van der Waals surface area contributed by atoms with Crippen LogP contribution in [0.2, 0.25) is 0 Å². The van der Waals surface area contributed by atoms with Gasteiger partial charge in [0.25, 0.3) is 5.91 Å². The molecular formula is C15H18N2O3S. The lowest BCUT2D eigenvalue weighted by Crippen LogP contribution is -2.11. The van der Waals surface area contributed by atoms with Gasteiger partial charge in [-0.2, -0.15) is 0 Å². The van der Waals surface area contributed by atoms with Crippen LogP contribution in [0.3, 0.4) is 0 Å². The molecule has 1 aromatic heterocycles. The number of ether oxygens (including phenoxy) is 1. The van der Waals surface area contributed by atoms with E-state index in [2.05, 4.69) is 24.1 Å². The van der Waals surface area contributed by atoms with Gasteiger partial charge in [0.05, 0.1) is 6.61 Å². The molecule has 6 heteroatoms. The molecule has 0 fully saturated rings. The van der Waals surface area contributed by atoms with E-state index in [1.165, 1.54) is 0 Å². The third kappa shape index (κ3) is 4.19. The molecule has 2 aromatic rings. The fourth-order valence-electron chi connectivity index (χ4n) is 1.71. The Morgan fingerprint density at radius 1 is 1.33 bits per heavy atom. The molecule has 0 aliphatic heterocycles. The molecule has 0 saturated heterocycles. The van der Waals surface area contributed by atoms with E-state index < -0.39 is 0 Å². The molecule has 21 heavy (non-hydrogen) atoms. The molecular weight excluding hydrogens is 288 g/mol. The molecule has 0 saturated carbocycles. The number of aromatic nitrogens is 1. The van der Waals surface area contributed by atoms with Gasteiger partial charge in [-0.05, 0) is 37.1 Å². The molecule has 0 aliphatic carbocycles. The summed E-state index contributed by atoms with van der Waals surface area (Å²) in [6.07, 6.45) is 0. The molecule has 2 rings (SSSR count). The third-order valence-electron chi connectivity index (χ3n) is 2.73. The average molecular weight is 306 g/mol. The molecule has 0 bridgehead atoms. The highest BCUT2D eigenvalue weighted by Crippen LogP contribution is 2.18. The Morgan fingerprint density at radius 2 is 2.00 bits per heavy atom. The van der Waals surface area contributed by atoms with Crippen molar-refractivity contribution in [3.63, 3.8) is 0 Å². The summed E-state index contributed by atoms with van der Waals surface area (Å²) in [5, 5.41) is 2.76. The fraction of sp³-hybridized carbons (Fsp3) is 0.333. The van der Waals surface area contributed by atoms with Crippen molar-refractivity contribution in [1.29, 1.82) is 0 Å². The van der Waals surface area contributed by atoms with E-state index in [-0.39, 0.29) is 10.8 Å². The summed E-state index contributed by atoms with van der Waals surface area (Å²) in [6.45, 7) is 6.52. The highest BCUT2D eigenvalue weighted by molar-refractivity contribution is 7.11. The van der Waals surface area contributed by atoms with E-state index in [0.29, 0.717) is 28.8 Å². The van der Waals surface area contributed by atoms with Crippen molar-refractivity contribution in [3.05, 3.63) is 44.5 Å². The first-order valence-electron chi connectivity index (χ1n) is 6.69. The number of carbonyl (C=O) groups excluding carboxylic acids is 1. The lowest BCUT2D eigenvalue weighted by Gasteiger charge is -2.09. The smallest absolute Gasteiger partial charge is 0.305 e. The first kappa shape index (κ1) is 15.3. The second-order valence-electron chi connectivity index (χ2n) is 5.15. The van der Waals surface area contributed by atoms with Crippen LogP contribution in [-0.4, -0.2) is 17.5 Å². The SMILES string of the molecule is Cc1[nH]c(=O)sc1C(=O)Nc1ccc(OCC(C)C)cc1. The van der Waals surface area contributed by atoms with Crippen LogP contribution in [-0.2, 0) is 0 Å². The van der Waals surface area contributed by atoms with Crippen LogP contribution in [0.25, 0.3) is 0 Å². The van der Waals surface area contributed by atoms with Crippen molar-refractivity contribution >= 4 is 22.9 Å². The van der Waals surface area contributed by atoms with Crippen LogP contribution in [0, 0.1) is 12.8 Å². The minimum absolute atomic E-state index is 0.227. The maximum absolute atomic E-state index is 12.1. The maximum atomic E-state index is 12.1. The molecule has 0 atom stereocenters. The Labute approximate surface area is 127 Å². The zero-order chi connectivity index (χ0) is 15.4. The molecule has 0 spiro atoms. The lowest BCUT2D eigenvalue weighted by atomic mass is 10.2. The monoisotopic (exact) mass is 306 g/mol. The summed E-state index contributed by atoms with van der Waals surface area (Å²) in [4.78, 5) is 26.0. The van der Waals surface area contributed by atoms with Crippen LogP contribution in [0.15, 0.2) is 29.1 Å². The Hall–Kier alpha value is -2.08. The van der Waals surface area contributed by atoms with Gasteiger partial charge in [0.2, 0.25) is 0 Å². The summed E-state index contributed by atoms with van der Waals surface area (Å²) >= 11 is 0.908. The number of hydrogen-bond acceptors (Lipinski definition) is 4. The number of aromatic amines is 1. The fourth-order valence-corrected chi connectivity index (χ4v) is 2.44. The number of benzene rings is 1. The Balaban J connectivity index is 2.01. The van der Waals surface area contributed by atoms with Crippen molar-refractivity contribution in [3.8, 4) is 5.75 Å². The standard InChI is InChI=1S/C15H18N2O3S/c1-9(2)8-20-12-6-4-11(5-7-12)17-14(18)13-10(3)16-15(19)21-13/h4-7,9H,8H2,1-3H3,(H,16,19)(H,17,18). The van der Waals surface area contributed by atoms with Gasteiger partial charge in [-0.25, -0.2) is 0 Å². The highest BCUT2D eigenvalue weighted by Gasteiger charge is 2.13. The van der Waals surface area contributed by atoms with Gasteiger partial charge in [-0.15, -0.1) is 0 Å². The van der Waals surface area contributed by atoms with Crippen LogP contribution in [0.4, 0.5) is 5.69 Å². The minimum Gasteiger partial charge on any atom is -0.493 e. The minimum atomic E-state index is -0.285. The number of hydrogen-bond donors (Lipinski definition) is 2. The molecule has 0 radical (unpaired) electrons. The molecule has 1 heterocycles. The van der Waals surface area contributed by atoms with Crippen LogP contribution in [0.1, 0.15) is 29.2 Å². The molecule has 0 unspecified atom stereocenters. The summed E-state index contributed by atoms with van der Waals surface area (Å²) in [5.74, 6) is 0.944. The number of nitrogens with one attached hydrogen (secondary N) is 2. The first-order chi connectivity index (χ1) is 9.95. The lowest BCUT2D eigenvalue weighted by molar-refractivity contribution is 0.103. The van der Waals surface area contributed by atoms with E-state index in [0.717, 1.165) is 17.1 Å². The number of carbonyl (C=O) groups is 1. The van der Waals surface area contributed by atoms with Gasteiger partial charge in [0, 0.05) is 11.4 Å². The summed E-state index contributed by atoms with van der Waals surface area (Å²) in [7, 11) is 0. The summed E-state index contributed by atoms with van der Waals surface area (Å²) < 4.78 is 5.58. The van der Waals surface area contributed by atoms with Crippen molar-refractivity contribution in [2.75, 3.05) is 11.9 Å². The highest BCUT2D eigenvalue weighted by atomic mass is 32.1. The van der Waals surface area contributed by atoms with E-state index >= 15 is 0 Å².